The molecule has 0 saturated carbocycles. The van der Waals surface area contributed by atoms with E-state index < -0.39 is 0 Å². The van der Waals surface area contributed by atoms with Crippen molar-refractivity contribution >= 4 is 6.08 Å². The van der Waals surface area contributed by atoms with Crippen LogP contribution < -0.4 is 0 Å². The summed E-state index contributed by atoms with van der Waals surface area (Å²) in [6.45, 7) is 14.1. The Kier molecular flexibility index (Phi) is 13.6. The van der Waals surface area contributed by atoms with E-state index in [0.717, 1.165) is 11.3 Å². The van der Waals surface area contributed by atoms with Gasteiger partial charge in [0, 0.05) is 5.56 Å². The largest absolute Gasteiger partial charge is 0.357 e. The van der Waals surface area contributed by atoms with Gasteiger partial charge < -0.3 is 4.52 Å². The van der Waals surface area contributed by atoms with Crippen molar-refractivity contribution in [2.75, 3.05) is 0 Å². The van der Waals surface area contributed by atoms with Gasteiger partial charge in [0.05, 0.1) is 6.20 Å². The maximum atomic E-state index is 5.03. The number of allylic oxidation sites excluding steroid dienone is 3. The predicted octanol–water partition coefficient (Wildman–Crippen LogP) is 5.26. The number of hydrogen-bond donors (Lipinski definition) is 0. The fourth-order valence-corrected chi connectivity index (χ4v) is 1.07. The molecule has 0 aliphatic carbocycles. The zero-order chi connectivity index (χ0) is 13.7. The zero-order valence-electron chi connectivity index (χ0n) is 12.3. The van der Waals surface area contributed by atoms with E-state index >= 15 is 0 Å². The molecule has 0 aliphatic rings. The third-order valence-corrected chi connectivity index (χ3v) is 1.83. The highest BCUT2D eigenvalue weighted by Gasteiger charge is 1.98. The molecule has 0 aromatic carbocycles. The Labute approximate surface area is 106 Å². The van der Waals surface area contributed by atoms with E-state index in [9.17, 15) is 0 Å². The van der Waals surface area contributed by atoms with E-state index in [0.29, 0.717) is 5.92 Å². The van der Waals surface area contributed by atoms with Gasteiger partial charge in [-0.1, -0.05) is 58.0 Å². The standard InChI is InChI=1S/C11H15NO.2C2H6/c1-4-5-9(2)6-7-11-10(3)8-12-13-11;2*1-2/h4-9H,1-3H3;2*1-2H3/b5-4-,7-6-;;. The smallest absolute Gasteiger partial charge is 0.162 e. The van der Waals surface area contributed by atoms with Gasteiger partial charge in [0.2, 0.25) is 0 Å². The average Bonchev–Trinajstić information content (AvgIpc) is 2.78. The SMILES string of the molecule is C/C=C\C(C)/C=C\c1oncc1C.CC.CC. The molecule has 0 amide bonds. The Morgan fingerprint density at radius 3 is 2.18 bits per heavy atom. The topological polar surface area (TPSA) is 26.0 Å². The first-order valence-corrected chi connectivity index (χ1v) is 6.46. The molecule has 0 spiro atoms. The average molecular weight is 237 g/mol. The van der Waals surface area contributed by atoms with E-state index in [4.69, 9.17) is 4.52 Å². The van der Waals surface area contributed by atoms with Gasteiger partial charge in [-0.2, -0.15) is 0 Å². The van der Waals surface area contributed by atoms with Crippen molar-refractivity contribution in [3.05, 3.63) is 35.7 Å². The van der Waals surface area contributed by atoms with E-state index in [1.165, 1.54) is 0 Å². The molecule has 17 heavy (non-hydrogen) atoms. The second-order valence-corrected chi connectivity index (χ2v) is 3.12. The summed E-state index contributed by atoms with van der Waals surface area (Å²) in [6.07, 6.45) is 9.95. The predicted molar refractivity (Wildman–Crippen MR) is 76.9 cm³/mol. The molecule has 2 nitrogen and oxygen atoms in total. The molecular formula is C15H27NO. The first kappa shape index (κ1) is 18.1. The van der Waals surface area contributed by atoms with Gasteiger partial charge in [0.1, 0.15) is 0 Å². The van der Waals surface area contributed by atoms with Gasteiger partial charge in [-0.3, -0.25) is 0 Å². The van der Waals surface area contributed by atoms with E-state index in [1.807, 2.05) is 53.7 Å². The monoisotopic (exact) mass is 237 g/mol. The van der Waals surface area contributed by atoms with Crippen molar-refractivity contribution < 1.29 is 4.52 Å². The maximum Gasteiger partial charge on any atom is 0.162 e. The first-order chi connectivity index (χ1) is 8.24. The lowest BCUT2D eigenvalue weighted by Crippen LogP contribution is -1.81. The molecule has 0 aliphatic heterocycles. The Balaban J connectivity index is 0. The lowest BCUT2D eigenvalue weighted by molar-refractivity contribution is 0.412. The fourth-order valence-electron chi connectivity index (χ4n) is 1.07. The summed E-state index contributed by atoms with van der Waals surface area (Å²) in [5.41, 5.74) is 1.07. The van der Waals surface area contributed by atoms with Gasteiger partial charge in [0.15, 0.2) is 5.76 Å². The van der Waals surface area contributed by atoms with Crippen molar-refractivity contribution in [2.24, 2.45) is 5.92 Å². The number of hydrogen-bond acceptors (Lipinski definition) is 2. The minimum atomic E-state index is 0.439. The van der Waals surface area contributed by atoms with Crippen molar-refractivity contribution in [2.45, 2.75) is 48.5 Å². The van der Waals surface area contributed by atoms with Gasteiger partial charge in [0.25, 0.3) is 0 Å². The van der Waals surface area contributed by atoms with Crippen molar-refractivity contribution in [3.8, 4) is 0 Å². The van der Waals surface area contributed by atoms with Crippen LogP contribution >= 0.6 is 0 Å². The molecule has 0 saturated heterocycles. The van der Waals surface area contributed by atoms with Crippen LogP contribution in [0.3, 0.4) is 0 Å². The summed E-state index contributed by atoms with van der Waals surface area (Å²) >= 11 is 0. The molecule has 98 valence electrons. The number of rotatable bonds is 3. The fraction of sp³-hybridized carbons (Fsp3) is 0.533. The van der Waals surface area contributed by atoms with Crippen LogP contribution in [0.25, 0.3) is 6.08 Å². The highest BCUT2D eigenvalue weighted by molar-refractivity contribution is 5.46. The van der Waals surface area contributed by atoms with Crippen molar-refractivity contribution in [3.63, 3.8) is 0 Å². The van der Waals surface area contributed by atoms with Crippen LogP contribution in [0.5, 0.6) is 0 Å². The molecule has 0 N–H and O–H groups in total. The highest BCUT2D eigenvalue weighted by Crippen LogP contribution is 2.10. The van der Waals surface area contributed by atoms with Crippen LogP contribution in [0, 0.1) is 12.8 Å². The molecule has 1 unspecified atom stereocenters. The molecule has 1 aromatic heterocycles. The van der Waals surface area contributed by atoms with Crippen molar-refractivity contribution in [1.29, 1.82) is 0 Å². The molecular weight excluding hydrogens is 210 g/mol. The summed E-state index contributed by atoms with van der Waals surface area (Å²) in [7, 11) is 0. The Hall–Kier alpha value is -1.31. The van der Waals surface area contributed by atoms with Crippen LogP contribution in [0.15, 0.2) is 28.9 Å². The zero-order valence-corrected chi connectivity index (χ0v) is 12.3. The van der Waals surface area contributed by atoms with Gasteiger partial charge in [-0.15, -0.1) is 0 Å². The second-order valence-electron chi connectivity index (χ2n) is 3.12. The summed E-state index contributed by atoms with van der Waals surface area (Å²) < 4.78 is 5.03. The van der Waals surface area contributed by atoms with Crippen LogP contribution in [0.1, 0.15) is 52.9 Å². The molecule has 0 radical (unpaired) electrons. The molecule has 1 rings (SSSR count). The third kappa shape index (κ3) is 8.49. The Bertz CT molecular complexity index is 310. The van der Waals surface area contributed by atoms with Crippen LogP contribution in [-0.4, -0.2) is 5.16 Å². The first-order valence-electron chi connectivity index (χ1n) is 6.46. The van der Waals surface area contributed by atoms with Crippen LogP contribution in [0.4, 0.5) is 0 Å². The molecule has 1 atom stereocenters. The van der Waals surface area contributed by atoms with Crippen LogP contribution in [0.2, 0.25) is 0 Å². The minimum Gasteiger partial charge on any atom is -0.357 e. The van der Waals surface area contributed by atoms with Gasteiger partial charge in [-0.25, -0.2) is 0 Å². The third-order valence-electron chi connectivity index (χ3n) is 1.83. The second kappa shape index (κ2) is 12.8. The lowest BCUT2D eigenvalue weighted by Gasteiger charge is -1.94. The molecule has 2 heteroatoms. The van der Waals surface area contributed by atoms with Crippen LogP contribution in [-0.2, 0) is 0 Å². The number of nitrogens with zero attached hydrogens (tertiary/aromatic N) is 1. The Morgan fingerprint density at radius 2 is 1.76 bits per heavy atom. The van der Waals surface area contributed by atoms with E-state index in [2.05, 4.69) is 24.2 Å². The Morgan fingerprint density at radius 1 is 1.18 bits per heavy atom. The van der Waals surface area contributed by atoms with E-state index in [1.54, 1.807) is 6.20 Å². The highest BCUT2D eigenvalue weighted by atomic mass is 16.5. The summed E-state index contributed by atoms with van der Waals surface area (Å²) in [5.74, 6) is 1.28. The summed E-state index contributed by atoms with van der Waals surface area (Å²) in [6, 6.07) is 0. The van der Waals surface area contributed by atoms with E-state index in [-0.39, 0.29) is 0 Å². The molecule has 0 bridgehead atoms. The molecule has 0 fully saturated rings. The van der Waals surface area contributed by atoms with Crippen molar-refractivity contribution in [1.82, 2.24) is 5.16 Å². The normalized spacial score (nSPS) is 11.7. The van der Waals surface area contributed by atoms with Gasteiger partial charge >= 0.3 is 0 Å². The molecule has 1 heterocycles. The summed E-state index contributed by atoms with van der Waals surface area (Å²) in [4.78, 5) is 0. The quantitative estimate of drug-likeness (QED) is 0.670. The number of aromatic nitrogens is 1. The summed E-state index contributed by atoms with van der Waals surface area (Å²) in [5, 5.41) is 3.70. The number of aryl methyl sites for hydroxylation is 1. The lowest BCUT2D eigenvalue weighted by atomic mass is 10.1. The van der Waals surface area contributed by atoms with Gasteiger partial charge in [-0.05, 0) is 25.8 Å². The molecule has 1 aromatic rings. The maximum absolute atomic E-state index is 5.03. The minimum absolute atomic E-state index is 0.439.